The number of piperidine rings is 1. The van der Waals surface area contributed by atoms with Crippen LogP contribution in [0.1, 0.15) is 51.4 Å². The van der Waals surface area contributed by atoms with Crippen LogP contribution in [0.2, 0.25) is 0 Å². The number of likely N-dealkylation sites (tertiary alicyclic amines) is 2. The van der Waals surface area contributed by atoms with Gasteiger partial charge in [0.2, 0.25) is 0 Å². The van der Waals surface area contributed by atoms with E-state index in [1.165, 1.54) is 90.6 Å². The molecule has 3 heteroatoms. The fraction of sp³-hybridized carbons (Fsp3) is 1.00. The van der Waals surface area contributed by atoms with Gasteiger partial charge in [0.25, 0.3) is 0 Å². The minimum Gasteiger partial charge on any atom is -0.330 e. The van der Waals surface area contributed by atoms with E-state index in [9.17, 15) is 0 Å². The topological polar surface area (TPSA) is 32.5 Å². The molecule has 2 saturated heterocycles. The highest BCUT2D eigenvalue weighted by Gasteiger charge is 2.35. The molecule has 0 bridgehead atoms. The lowest BCUT2D eigenvalue weighted by Gasteiger charge is -2.39. The maximum Gasteiger partial charge on any atom is 0.00501 e. The van der Waals surface area contributed by atoms with Crippen LogP contribution in [0.4, 0.5) is 0 Å². The Balaban J connectivity index is 1.41. The first-order chi connectivity index (χ1) is 9.80. The molecule has 0 atom stereocenters. The van der Waals surface area contributed by atoms with Crippen LogP contribution in [0.3, 0.4) is 0 Å². The molecule has 0 unspecified atom stereocenters. The maximum atomic E-state index is 6.09. The molecule has 2 aliphatic heterocycles. The van der Waals surface area contributed by atoms with E-state index in [0.29, 0.717) is 5.41 Å². The van der Waals surface area contributed by atoms with Crippen molar-refractivity contribution < 1.29 is 0 Å². The second kappa shape index (κ2) is 6.76. The minimum absolute atomic E-state index is 0.474. The lowest BCUT2D eigenvalue weighted by Crippen LogP contribution is -2.45. The minimum atomic E-state index is 0.474. The van der Waals surface area contributed by atoms with Gasteiger partial charge in [-0.25, -0.2) is 0 Å². The molecular formula is C17H33N3. The van der Waals surface area contributed by atoms with Gasteiger partial charge in [0.05, 0.1) is 0 Å². The van der Waals surface area contributed by atoms with Gasteiger partial charge in [-0.3, -0.25) is 0 Å². The maximum absolute atomic E-state index is 6.09. The van der Waals surface area contributed by atoms with Crippen molar-refractivity contribution in [3.63, 3.8) is 0 Å². The summed E-state index contributed by atoms with van der Waals surface area (Å²) in [6.45, 7) is 8.91. The van der Waals surface area contributed by atoms with Crippen molar-refractivity contribution in [1.82, 2.24) is 9.80 Å². The molecule has 3 rings (SSSR count). The summed E-state index contributed by atoms with van der Waals surface area (Å²) < 4.78 is 0. The zero-order valence-corrected chi connectivity index (χ0v) is 13.2. The molecule has 0 aromatic rings. The Morgan fingerprint density at radius 3 is 2.10 bits per heavy atom. The molecule has 0 amide bonds. The summed E-state index contributed by atoms with van der Waals surface area (Å²) in [5, 5.41) is 0. The van der Waals surface area contributed by atoms with Crippen LogP contribution < -0.4 is 5.73 Å². The van der Waals surface area contributed by atoms with E-state index >= 15 is 0 Å². The molecule has 2 heterocycles. The Bertz CT molecular complexity index is 285. The SMILES string of the molecule is NCC1(CN2CCC(CN3CCCC3)CC2)CCCC1. The summed E-state index contributed by atoms with van der Waals surface area (Å²) in [7, 11) is 0. The standard InChI is InChI=1S/C17H33N3/c18-14-17(7-1-2-8-17)15-20-11-5-16(6-12-20)13-19-9-3-4-10-19/h16H,1-15,18H2. The van der Waals surface area contributed by atoms with Gasteiger partial charge in [-0.1, -0.05) is 12.8 Å². The Morgan fingerprint density at radius 2 is 1.50 bits per heavy atom. The molecule has 3 aliphatic rings. The monoisotopic (exact) mass is 279 g/mol. The second-order valence-electron chi connectivity index (χ2n) is 7.64. The fourth-order valence-electron chi connectivity index (χ4n) is 4.68. The molecule has 0 aromatic heterocycles. The summed E-state index contributed by atoms with van der Waals surface area (Å²) >= 11 is 0. The zero-order chi connectivity index (χ0) is 13.8. The van der Waals surface area contributed by atoms with Gasteiger partial charge in [0.15, 0.2) is 0 Å². The van der Waals surface area contributed by atoms with Gasteiger partial charge in [-0.05, 0) is 82.6 Å². The summed E-state index contributed by atoms with van der Waals surface area (Å²) in [5.74, 6) is 0.960. The summed E-state index contributed by atoms with van der Waals surface area (Å²) in [5.41, 5.74) is 6.56. The van der Waals surface area contributed by atoms with Crippen molar-refractivity contribution in [3.8, 4) is 0 Å². The summed E-state index contributed by atoms with van der Waals surface area (Å²) in [4.78, 5) is 5.41. The molecule has 3 nitrogen and oxygen atoms in total. The van der Waals surface area contributed by atoms with Gasteiger partial charge in [-0.2, -0.15) is 0 Å². The van der Waals surface area contributed by atoms with E-state index in [1.54, 1.807) is 0 Å². The zero-order valence-electron chi connectivity index (χ0n) is 13.2. The Labute approximate surface area is 124 Å². The molecule has 0 aromatic carbocycles. The first-order valence-electron chi connectivity index (χ1n) is 8.94. The van der Waals surface area contributed by atoms with Crippen LogP contribution in [-0.4, -0.2) is 55.6 Å². The molecule has 2 N–H and O–H groups in total. The quantitative estimate of drug-likeness (QED) is 0.838. The Kier molecular flexibility index (Phi) is 5.00. The molecule has 3 fully saturated rings. The van der Waals surface area contributed by atoms with Crippen LogP contribution >= 0.6 is 0 Å². The van der Waals surface area contributed by atoms with Crippen LogP contribution in [0, 0.1) is 11.3 Å². The van der Waals surface area contributed by atoms with Gasteiger partial charge < -0.3 is 15.5 Å². The molecule has 116 valence electrons. The highest BCUT2D eigenvalue weighted by molar-refractivity contribution is 4.89. The van der Waals surface area contributed by atoms with Gasteiger partial charge in [0.1, 0.15) is 0 Å². The van der Waals surface area contributed by atoms with E-state index in [0.717, 1.165) is 12.5 Å². The Morgan fingerprint density at radius 1 is 0.850 bits per heavy atom. The average Bonchev–Trinajstić information content (AvgIpc) is 3.13. The van der Waals surface area contributed by atoms with Crippen LogP contribution in [0.15, 0.2) is 0 Å². The largest absolute Gasteiger partial charge is 0.330 e. The van der Waals surface area contributed by atoms with E-state index < -0.39 is 0 Å². The first-order valence-corrected chi connectivity index (χ1v) is 8.94. The summed E-state index contributed by atoms with van der Waals surface area (Å²) in [6, 6.07) is 0. The van der Waals surface area contributed by atoms with Gasteiger partial charge >= 0.3 is 0 Å². The predicted molar refractivity (Wildman–Crippen MR) is 84.8 cm³/mol. The average molecular weight is 279 g/mol. The third-order valence-electron chi connectivity index (χ3n) is 6.08. The van der Waals surface area contributed by atoms with Crippen molar-refractivity contribution in [2.75, 3.05) is 45.8 Å². The van der Waals surface area contributed by atoms with Crippen molar-refractivity contribution in [3.05, 3.63) is 0 Å². The van der Waals surface area contributed by atoms with E-state index in [-0.39, 0.29) is 0 Å². The summed E-state index contributed by atoms with van der Waals surface area (Å²) in [6.07, 6.45) is 11.2. The number of hydrogen-bond donors (Lipinski definition) is 1. The van der Waals surface area contributed by atoms with Crippen LogP contribution in [0.5, 0.6) is 0 Å². The molecular weight excluding hydrogens is 246 g/mol. The Hall–Kier alpha value is -0.120. The van der Waals surface area contributed by atoms with Crippen molar-refractivity contribution in [2.24, 2.45) is 17.1 Å². The van der Waals surface area contributed by atoms with Crippen molar-refractivity contribution >= 4 is 0 Å². The molecule has 1 saturated carbocycles. The molecule has 0 radical (unpaired) electrons. The number of hydrogen-bond acceptors (Lipinski definition) is 3. The first kappa shape index (κ1) is 14.8. The predicted octanol–water partition coefficient (Wildman–Crippen LogP) is 2.31. The second-order valence-corrected chi connectivity index (χ2v) is 7.64. The lowest BCUT2D eigenvalue weighted by molar-refractivity contribution is 0.104. The van der Waals surface area contributed by atoms with Gasteiger partial charge in [0, 0.05) is 13.1 Å². The van der Waals surface area contributed by atoms with E-state index in [4.69, 9.17) is 5.73 Å². The van der Waals surface area contributed by atoms with Gasteiger partial charge in [-0.15, -0.1) is 0 Å². The highest BCUT2D eigenvalue weighted by Crippen LogP contribution is 2.38. The molecule has 1 aliphatic carbocycles. The normalized spacial score (nSPS) is 29.2. The number of nitrogens with two attached hydrogens (primary N) is 1. The van der Waals surface area contributed by atoms with Crippen molar-refractivity contribution in [2.45, 2.75) is 51.4 Å². The lowest BCUT2D eigenvalue weighted by atomic mass is 9.84. The van der Waals surface area contributed by atoms with Crippen LogP contribution in [-0.2, 0) is 0 Å². The van der Waals surface area contributed by atoms with E-state index in [2.05, 4.69) is 9.80 Å². The number of rotatable bonds is 5. The molecule has 0 spiro atoms. The smallest absolute Gasteiger partial charge is 0.00501 e. The third-order valence-corrected chi connectivity index (χ3v) is 6.08. The molecule has 20 heavy (non-hydrogen) atoms. The van der Waals surface area contributed by atoms with Crippen molar-refractivity contribution in [1.29, 1.82) is 0 Å². The number of nitrogens with zero attached hydrogens (tertiary/aromatic N) is 2. The van der Waals surface area contributed by atoms with Crippen LogP contribution in [0.25, 0.3) is 0 Å². The highest BCUT2D eigenvalue weighted by atomic mass is 15.2. The van der Waals surface area contributed by atoms with E-state index in [1.807, 2.05) is 0 Å². The fourth-order valence-corrected chi connectivity index (χ4v) is 4.68. The third kappa shape index (κ3) is 3.55.